The summed E-state index contributed by atoms with van der Waals surface area (Å²) in [6.45, 7) is 0. The lowest BCUT2D eigenvalue weighted by Gasteiger charge is -2.01. The Morgan fingerprint density at radius 3 is 2.58 bits per heavy atom. The third-order valence-corrected chi connectivity index (χ3v) is 2.83. The second-order valence-corrected chi connectivity index (χ2v) is 4.67. The van der Waals surface area contributed by atoms with E-state index in [0.717, 1.165) is 10.2 Å². The van der Waals surface area contributed by atoms with Gasteiger partial charge in [0.2, 0.25) is 5.91 Å². The third kappa shape index (κ3) is 4.22. The van der Waals surface area contributed by atoms with Crippen molar-refractivity contribution in [2.75, 3.05) is 11.1 Å². The smallest absolute Gasteiger partial charge is 0.248 e. The molecule has 4 nitrogen and oxygen atoms in total. The molecule has 0 bridgehead atoms. The molecule has 5 heteroatoms. The number of aromatic nitrogens is 1. The van der Waals surface area contributed by atoms with Gasteiger partial charge in [0.05, 0.1) is 11.9 Å². The summed E-state index contributed by atoms with van der Waals surface area (Å²) in [5.74, 6) is -0.207. The highest BCUT2D eigenvalue weighted by Crippen LogP contribution is 2.11. The Morgan fingerprint density at radius 1 is 1.21 bits per heavy atom. The van der Waals surface area contributed by atoms with Crippen LogP contribution in [0.15, 0.2) is 53.3 Å². The number of hydrogen-bond acceptors (Lipinski definition) is 3. The molecule has 2 rings (SSSR count). The molecule has 0 radical (unpaired) electrons. The summed E-state index contributed by atoms with van der Waals surface area (Å²) in [6.07, 6.45) is 4.77. The van der Waals surface area contributed by atoms with Crippen LogP contribution in [0.2, 0.25) is 0 Å². The van der Waals surface area contributed by atoms with E-state index in [9.17, 15) is 4.79 Å². The third-order valence-electron chi connectivity index (χ3n) is 2.36. The zero-order valence-corrected chi connectivity index (χ0v) is 11.6. The van der Waals surface area contributed by atoms with Crippen LogP contribution in [0.3, 0.4) is 0 Å². The van der Waals surface area contributed by atoms with Crippen molar-refractivity contribution in [1.82, 2.24) is 4.98 Å². The number of anilines is 2. The molecule has 19 heavy (non-hydrogen) atoms. The van der Waals surface area contributed by atoms with Crippen LogP contribution in [-0.4, -0.2) is 10.9 Å². The monoisotopic (exact) mass is 317 g/mol. The van der Waals surface area contributed by atoms with Gasteiger partial charge in [-0.25, -0.2) is 4.98 Å². The number of halogens is 1. The van der Waals surface area contributed by atoms with E-state index >= 15 is 0 Å². The van der Waals surface area contributed by atoms with E-state index in [1.165, 1.54) is 6.08 Å². The molecule has 1 amide bonds. The lowest BCUT2D eigenvalue weighted by molar-refractivity contribution is -0.111. The van der Waals surface area contributed by atoms with Crippen molar-refractivity contribution in [1.29, 1.82) is 0 Å². The molecule has 1 aromatic heterocycles. The number of benzene rings is 1. The molecule has 3 N–H and O–H groups in total. The van der Waals surface area contributed by atoms with Crippen molar-refractivity contribution < 1.29 is 4.79 Å². The van der Waals surface area contributed by atoms with Crippen molar-refractivity contribution in [3.05, 3.63) is 58.8 Å². The SMILES string of the molecule is Nc1ccc(/C=C/C(=O)Nc2ccc(Br)nc2)cc1. The molecule has 0 saturated heterocycles. The molecule has 96 valence electrons. The summed E-state index contributed by atoms with van der Waals surface area (Å²) in [4.78, 5) is 15.7. The first kappa shape index (κ1) is 13.3. The second-order valence-electron chi connectivity index (χ2n) is 3.86. The van der Waals surface area contributed by atoms with E-state index < -0.39 is 0 Å². The van der Waals surface area contributed by atoms with Gasteiger partial charge in [0, 0.05) is 11.8 Å². The number of nitrogen functional groups attached to an aromatic ring is 1. The Balaban J connectivity index is 1.97. The van der Waals surface area contributed by atoms with E-state index in [-0.39, 0.29) is 5.91 Å². The summed E-state index contributed by atoms with van der Waals surface area (Å²) >= 11 is 3.23. The molecule has 0 unspecified atom stereocenters. The van der Waals surface area contributed by atoms with Crippen LogP contribution in [0.1, 0.15) is 5.56 Å². The number of nitrogens with one attached hydrogen (secondary N) is 1. The van der Waals surface area contributed by atoms with Gasteiger partial charge in [-0.05, 0) is 51.8 Å². The normalized spacial score (nSPS) is 10.6. The average molecular weight is 318 g/mol. The Morgan fingerprint density at radius 2 is 1.95 bits per heavy atom. The summed E-state index contributed by atoms with van der Waals surface area (Å²) in [5, 5.41) is 2.72. The molecular weight excluding hydrogens is 306 g/mol. The fraction of sp³-hybridized carbons (Fsp3) is 0. The van der Waals surface area contributed by atoms with Crippen LogP contribution >= 0.6 is 15.9 Å². The number of nitrogens with two attached hydrogens (primary N) is 1. The van der Waals surface area contributed by atoms with Crippen molar-refractivity contribution >= 4 is 39.3 Å². The summed E-state index contributed by atoms with van der Waals surface area (Å²) in [6, 6.07) is 10.8. The van der Waals surface area contributed by atoms with Crippen LogP contribution in [0.5, 0.6) is 0 Å². The van der Waals surface area contributed by atoms with Gasteiger partial charge in [0.1, 0.15) is 4.60 Å². The minimum Gasteiger partial charge on any atom is -0.399 e. The second kappa shape index (κ2) is 6.15. The predicted octanol–water partition coefficient (Wildman–Crippen LogP) is 3.08. The maximum absolute atomic E-state index is 11.7. The largest absolute Gasteiger partial charge is 0.399 e. The Kier molecular flexibility index (Phi) is 4.30. The predicted molar refractivity (Wildman–Crippen MR) is 80.5 cm³/mol. The van der Waals surface area contributed by atoms with Crippen LogP contribution in [-0.2, 0) is 4.79 Å². The van der Waals surface area contributed by atoms with Crippen molar-refractivity contribution in [3.63, 3.8) is 0 Å². The van der Waals surface area contributed by atoms with E-state index in [4.69, 9.17) is 5.73 Å². The van der Waals surface area contributed by atoms with Gasteiger partial charge in [0.25, 0.3) is 0 Å². The number of amides is 1. The minimum absolute atomic E-state index is 0.207. The zero-order valence-electron chi connectivity index (χ0n) is 10.0. The molecule has 0 saturated carbocycles. The highest BCUT2D eigenvalue weighted by molar-refractivity contribution is 9.10. The van der Waals surface area contributed by atoms with Gasteiger partial charge in [-0.15, -0.1) is 0 Å². The van der Waals surface area contributed by atoms with Gasteiger partial charge in [0.15, 0.2) is 0 Å². The van der Waals surface area contributed by atoms with Crippen LogP contribution in [0.25, 0.3) is 6.08 Å². The van der Waals surface area contributed by atoms with E-state index in [0.29, 0.717) is 11.4 Å². The van der Waals surface area contributed by atoms with Crippen molar-refractivity contribution in [3.8, 4) is 0 Å². The van der Waals surface area contributed by atoms with Crippen LogP contribution in [0, 0.1) is 0 Å². The fourth-order valence-corrected chi connectivity index (χ4v) is 1.65. The number of carbonyl (C=O) groups excluding carboxylic acids is 1. The molecule has 0 aliphatic rings. The molecular formula is C14H12BrN3O. The van der Waals surface area contributed by atoms with Gasteiger partial charge < -0.3 is 11.1 Å². The Hall–Kier alpha value is -2.14. The Labute approximate surface area is 119 Å². The average Bonchev–Trinajstić information content (AvgIpc) is 2.41. The highest BCUT2D eigenvalue weighted by Gasteiger charge is 1.98. The Bertz CT molecular complexity index is 591. The lowest BCUT2D eigenvalue weighted by Crippen LogP contribution is -2.07. The number of nitrogens with zero attached hydrogens (tertiary/aromatic N) is 1. The number of pyridine rings is 1. The van der Waals surface area contributed by atoms with Gasteiger partial charge in [-0.3, -0.25) is 4.79 Å². The van der Waals surface area contributed by atoms with Crippen LogP contribution in [0.4, 0.5) is 11.4 Å². The molecule has 2 aromatic rings. The molecule has 1 heterocycles. The topological polar surface area (TPSA) is 68.0 Å². The first-order valence-electron chi connectivity index (χ1n) is 5.59. The highest BCUT2D eigenvalue weighted by atomic mass is 79.9. The standard InChI is InChI=1S/C14H12BrN3O/c15-13-7-6-12(9-17-13)18-14(19)8-3-10-1-4-11(16)5-2-10/h1-9H,16H2,(H,18,19)/b8-3+. The van der Waals surface area contributed by atoms with Gasteiger partial charge in [-0.1, -0.05) is 12.1 Å². The number of rotatable bonds is 3. The van der Waals surface area contributed by atoms with Gasteiger partial charge in [-0.2, -0.15) is 0 Å². The lowest BCUT2D eigenvalue weighted by atomic mass is 10.2. The first-order chi connectivity index (χ1) is 9.13. The fourth-order valence-electron chi connectivity index (χ4n) is 1.41. The van der Waals surface area contributed by atoms with Crippen molar-refractivity contribution in [2.45, 2.75) is 0 Å². The molecule has 0 atom stereocenters. The molecule has 0 aliphatic heterocycles. The van der Waals surface area contributed by atoms with Gasteiger partial charge >= 0.3 is 0 Å². The molecule has 0 spiro atoms. The molecule has 1 aromatic carbocycles. The molecule has 0 aliphatic carbocycles. The van der Waals surface area contributed by atoms with E-state index in [1.54, 1.807) is 36.5 Å². The van der Waals surface area contributed by atoms with E-state index in [2.05, 4.69) is 26.2 Å². The first-order valence-corrected chi connectivity index (χ1v) is 6.39. The number of carbonyl (C=O) groups is 1. The maximum Gasteiger partial charge on any atom is 0.248 e. The maximum atomic E-state index is 11.7. The zero-order chi connectivity index (χ0) is 13.7. The summed E-state index contributed by atoms with van der Waals surface area (Å²) < 4.78 is 0.725. The minimum atomic E-state index is -0.207. The van der Waals surface area contributed by atoms with Crippen molar-refractivity contribution in [2.24, 2.45) is 0 Å². The quantitative estimate of drug-likeness (QED) is 0.519. The summed E-state index contributed by atoms with van der Waals surface area (Å²) in [5.41, 5.74) is 7.84. The number of hydrogen-bond donors (Lipinski definition) is 2. The summed E-state index contributed by atoms with van der Waals surface area (Å²) in [7, 11) is 0. The molecule has 0 fully saturated rings. The van der Waals surface area contributed by atoms with Crippen LogP contribution < -0.4 is 11.1 Å². The van der Waals surface area contributed by atoms with E-state index in [1.807, 2.05) is 12.1 Å².